The third kappa shape index (κ3) is 2.50. The zero-order valence-corrected chi connectivity index (χ0v) is 10.5. The van der Waals surface area contributed by atoms with Gasteiger partial charge < -0.3 is 14.6 Å². The minimum Gasteiger partial charge on any atom is -0.367 e. The molecule has 1 atom stereocenters. The van der Waals surface area contributed by atoms with Crippen LogP contribution in [-0.2, 0) is 4.74 Å². The van der Waals surface area contributed by atoms with E-state index in [2.05, 4.69) is 15.5 Å². The molecule has 5 nitrogen and oxygen atoms in total. The summed E-state index contributed by atoms with van der Waals surface area (Å²) >= 11 is 0. The van der Waals surface area contributed by atoms with Gasteiger partial charge in [0.05, 0.1) is 12.2 Å². The molecule has 0 radical (unpaired) electrons. The zero-order valence-electron chi connectivity index (χ0n) is 10.5. The fraction of sp³-hybridized carbons (Fsp3) is 0.385. The van der Waals surface area contributed by atoms with E-state index in [4.69, 9.17) is 9.26 Å². The van der Waals surface area contributed by atoms with Gasteiger partial charge in [0.25, 0.3) is 5.89 Å². The molecule has 1 N–H and O–H groups in total. The number of rotatable bonds is 2. The van der Waals surface area contributed by atoms with E-state index in [1.807, 2.05) is 6.92 Å². The maximum atomic E-state index is 13.8. The van der Waals surface area contributed by atoms with Gasteiger partial charge in [-0.25, -0.2) is 4.39 Å². The Balaban J connectivity index is 1.87. The van der Waals surface area contributed by atoms with Crippen molar-refractivity contribution in [1.29, 1.82) is 0 Å². The molecule has 1 aromatic heterocycles. The number of halogens is 1. The van der Waals surface area contributed by atoms with Gasteiger partial charge in [0.2, 0.25) is 5.82 Å². The van der Waals surface area contributed by atoms with Crippen LogP contribution in [0, 0.1) is 12.7 Å². The van der Waals surface area contributed by atoms with Crippen LogP contribution in [0.1, 0.15) is 17.5 Å². The minimum atomic E-state index is -0.363. The lowest BCUT2D eigenvalue weighted by Gasteiger charge is -2.20. The molecular weight excluding hydrogens is 249 g/mol. The summed E-state index contributed by atoms with van der Waals surface area (Å²) in [5.41, 5.74) is 1.16. The summed E-state index contributed by atoms with van der Waals surface area (Å²) in [4.78, 5) is 4.21. The van der Waals surface area contributed by atoms with Crippen molar-refractivity contribution < 1.29 is 13.7 Å². The summed E-state index contributed by atoms with van der Waals surface area (Å²) in [6.45, 7) is 3.88. The van der Waals surface area contributed by atoms with Gasteiger partial charge in [0.15, 0.2) is 0 Å². The van der Waals surface area contributed by atoms with E-state index < -0.39 is 0 Å². The second kappa shape index (κ2) is 5.07. The Labute approximate surface area is 109 Å². The lowest BCUT2D eigenvalue weighted by molar-refractivity contribution is 0.0208. The van der Waals surface area contributed by atoms with Gasteiger partial charge in [-0.05, 0) is 24.6 Å². The van der Waals surface area contributed by atoms with Crippen LogP contribution in [0.3, 0.4) is 0 Å². The summed E-state index contributed by atoms with van der Waals surface area (Å²) in [5.74, 6) is 0.265. The highest BCUT2D eigenvalue weighted by molar-refractivity contribution is 5.54. The Morgan fingerprint density at radius 1 is 1.42 bits per heavy atom. The quantitative estimate of drug-likeness (QED) is 0.896. The molecule has 100 valence electrons. The van der Waals surface area contributed by atoms with Gasteiger partial charge in [0.1, 0.15) is 11.9 Å². The van der Waals surface area contributed by atoms with Gasteiger partial charge in [-0.2, -0.15) is 4.98 Å². The summed E-state index contributed by atoms with van der Waals surface area (Å²) in [6, 6.07) is 4.89. The first-order valence-corrected chi connectivity index (χ1v) is 6.16. The second-order valence-electron chi connectivity index (χ2n) is 4.50. The average Bonchev–Trinajstić information content (AvgIpc) is 2.89. The Kier molecular flexibility index (Phi) is 3.27. The summed E-state index contributed by atoms with van der Waals surface area (Å²) < 4.78 is 24.5. The standard InChI is InChI=1S/C13H14FN3O2/c1-8-2-3-9(10(14)6-8)13-16-12(17-19-13)11-7-15-4-5-18-11/h2-3,6,11,15H,4-5,7H2,1H3. The fourth-order valence-corrected chi connectivity index (χ4v) is 2.00. The van der Waals surface area contributed by atoms with Crippen molar-refractivity contribution >= 4 is 0 Å². The summed E-state index contributed by atoms with van der Waals surface area (Å²) in [5, 5.41) is 7.04. The molecule has 1 fully saturated rings. The SMILES string of the molecule is Cc1ccc(-c2nc(C3CNCCO3)no2)c(F)c1. The Hall–Kier alpha value is -1.79. The molecule has 3 rings (SSSR count). The van der Waals surface area contributed by atoms with Crippen molar-refractivity contribution in [1.82, 2.24) is 15.5 Å². The van der Waals surface area contributed by atoms with Gasteiger partial charge in [-0.15, -0.1) is 0 Å². The number of hydrogen-bond acceptors (Lipinski definition) is 5. The topological polar surface area (TPSA) is 60.2 Å². The van der Waals surface area contributed by atoms with E-state index in [1.165, 1.54) is 6.07 Å². The predicted molar refractivity (Wildman–Crippen MR) is 66.0 cm³/mol. The molecule has 0 saturated carbocycles. The van der Waals surface area contributed by atoms with Gasteiger partial charge >= 0.3 is 0 Å². The normalized spacial score (nSPS) is 19.6. The van der Waals surface area contributed by atoms with Crippen LogP contribution >= 0.6 is 0 Å². The third-order valence-electron chi connectivity index (χ3n) is 3.01. The van der Waals surface area contributed by atoms with E-state index in [-0.39, 0.29) is 17.8 Å². The zero-order chi connectivity index (χ0) is 13.2. The number of nitrogens with zero attached hydrogens (tertiary/aromatic N) is 2. The van der Waals surface area contributed by atoms with E-state index in [9.17, 15) is 4.39 Å². The minimum absolute atomic E-state index is 0.182. The number of nitrogens with one attached hydrogen (secondary N) is 1. The molecule has 0 bridgehead atoms. The molecule has 1 aromatic carbocycles. The molecule has 0 amide bonds. The molecule has 0 aliphatic carbocycles. The van der Waals surface area contributed by atoms with Crippen molar-refractivity contribution in [2.45, 2.75) is 13.0 Å². The van der Waals surface area contributed by atoms with Gasteiger partial charge in [-0.3, -0.25) is 0 Å². The fourth-order valence-electron chi connectivity index (χ4n) is 2.00. The Morgan fingerprint density at radius 2 is 2.32 bits per heavy atom. The van der Waals surface area contributed by atoms with Crippen molar-refractivity contribution in [3.8, 4) is 11.5 Å². The highest BCUT2D eigenvalue weighted by Gasteiger charge is 2.22. The molecular formula is C13H14FN3O2. The highest BCUT2D eigenvalue weighted by Crippen LogP contribution is 2.24. The average molecular weight is 263 g/mol. The summed E-state index contributed by atoms with van der Waals surface area (Å²) in [6.07, 6.45) is -0.236. The molecule has 1 saturated heterocycles. The monoisotopic (exact) mass is 263 g/mol. The van der Waals surface area contributed by atoms with E-state index >= 15 is 0 Å². The van der Waals surface area contributed by atoms with Crippen LogP contribution in [-0.4, -0.2) is 29.8 Å². The van der Waals surface area contributed by atoms with Crippen LogP contribution in [0.5, 0.6) is 0 Å². The predicted octanol–water partition coefficient (Wildman–Crippen LogP) is 1.85. The van der Waals surface area contributed by atoms with Crippen LogP contribution < -0.4 is 5.32 Å². The van der Waals surface area contributed by atoms with Crippen molar-refractivity contribution in [3.05, 3.63) is 35.4 Å². The first-order chi connectivity index (χ1) is 9.24. The third-order valence-corrected chi connectivity index (χ3v) is 3.01. The smallest absolute Gasteiger partial charge is 0.260 e. The number of ether oxygens (including phenoxy) is 1. The number of morpholine rings is 1. The number of hydrogen-bond donors (Lipinski definition) is 1. The second-order valence-corrected chi connectivity index (χ2v) is 4.50. The number of aromatic nitrogens is 2. The molecule has 19 heavy (non-hydrogen) atoms. The highest BCUT2D eigenvalue weighted by atomic mass is 19.1. The van der Waals surface area contributed by atoms with Crippen molar-refractivity contribution in [2.24, 2.45) is 0 Å². The molecule has 1 unspecified atom stereocenters. The van der Waals surface area contributed by atoms with Crippen LogP contribution in [0.2, 0.25) is 0 Å². The first kappa shape index (κ1) is 12.3. The van der Waals surface area contributed by atoms with Crippen molar-refractivity contribution in [2.75, 3.05) is 19.7 Å². The lowest BCUT2D eigenvalue weighted by Crippen LogP contribution is -2.33. The maximum absolute atomic E-state index is 13.8. The summed E-state index contributed by atoms with van der Waals surface area (Å²) in [7, 11) is 0. The lowest BCUT2D eigenvalue weighted by atomic mass is 10.1. The Bertz CT molecular complexity index is 579. The molecule has 6 heteroatoms. The first-order valence-electron chi connectivity index (χ1n) is 6.16. The van der Waals surface area contributed by atoms with E-state index in [0.29, 0.717) is 24.5 Å². The number of aryl methyl sites for hydroxylation is 1. The maximum Gasteiger partial charge on any atom is 0.260 e. The molecule has 1 aliphatic rings. The number of benzene rings is 1. The van der Waals surface area contributed by atoms with Crippen LogP contribution in [0.15, 0.2) is 22.7 Å². The molecule has 2 heterocycles. The van der Waals surface area contributed by atoms with Gasteiger partial charge in [-0.1, -0.05) is 11.2 Å². The molecule has 2 aromatic rings. The molecule has 0 spiro atoms. The van der Waals surface area contributed by atoms with Gasteiger partial charge in [0, 0.05) is 13.1 Å². The van der Waals surface area contributed by atoms with E-state index in [0.717, 1.165) is 12.1 Å². The largest absolute Gasteiger partial charge is 0.367 e. The van der Waals surface area contributed by atoms with Crippen molar-refractivity contribution in [3.63, 3.8) is 0 Å². The van der Waals surface area contributed by atoms with Crippen LogP contribution in [0.4, 0.5) is 4.39 Å². The Morgan fingerprint density at radius 3 is 3.05 bits per heavy atom. The van der Waals surface area contributed by atoms with Crippen LogP contribution in [0.25, 0.3) is 11.5 Å². The molecule has 1 aliphatic heterocycles. The van der Waals surface area contributed by atoms with E-state index in [1.54, 1.807) is 12.1 Å².